The predicted octanol–water partition coefficient (Wildman–Crippen LogP) is 2.15. The number of hydrogen-bond donors (Lipinski definition) is 1. The van der Waals surface area contributed by atoms with Gasteiger partial charge in [-0.3, -0.25) is 0 Å². The normalized spacial score (nSPS) is 25.8. The number of rotatable bonds is 2. The second kappa shape index (κ2) is 4.66. The third-order valence-electron chi connectivity index (χ3n) is 2.92. The molecular formula is C12H14F3NO. The summed E-state index contributed by atoms with van der Waals surface area (Å²) in [5, 5.41) is 2.76. The Morgan fingerprint density at radius 2 is 1.94 bits per heavy atom. The number of ether oxygens (including phenoxy) is 1. The van der Waals surface area contributed by atoms with Crippen molar-refractivity contribution in [3.63, 3.8) is 0 Å². The molecular weight excluding hydrogens is 231 g/mol. The monoisotopic (exact) mass is 245 g/mol. The summed E-state index contributed by atoms with van der Waals surface area (Å²) in [6, 6.07) is 8.62. The number of halogens is 3. The lowest BCUT2D eigenvalue weighted by molar-refractivity contribution is -0.282. The first-order valence-electron chi connectivity index (χ1n) is 5.49. The smallest absolute Gasteiger partial charge is 0.363 e. The van der Waals surface area contributed by atoms with Crippen LogP contribution in [0, 0.1) is 0 Å². The van der Waals surface area contributed by atoms with Crippen molar-refractivity contribution in [1.82, 2.24) is 5.32 Å². The van der Waals surface area contributed by atoms with E-state index in [1.807, 2.05) is 0 Å². The van der Waals surface area contributed by atoms with E-state index in [4.69, 9.17) is 4.74 Å². The maximum absolute atomic E-state index is 13.1. The van der Waals surface area contributed by atoms with E-state index < -0.39 is 11.8 Å². The average Bonchev–Trinajstić information content (AvgIpc) is 2.30. The fraction of sp³-hybridized carbons (Fsp3) is 0.500. The Balaban J connectivity index is 2.22. The second-order valence-corrected chi connectivity index (χ2v) is 4.18. The summed E-state index contributed by atoms with van der Waals surface area (Å²) in [4.78, 5) is 0. The SMILES string of the molecule is FC(F)(F)C1(Cc2ccccc2)CNCCO1. The molecule has 0 bridgehead atoms. The maximum Gasteiger partial charge on any atom is 0.419 e. The van der Waals surface area contributed by atoms with Crippen LogP contribution in [0.1, 0.15) is 5.56 Å². The molecule has 5 heteroatoms. The predicted molar refractivity (Wildman–Crippen MR) is 57.8 cm³/mol. The molecule has 1 aliphatic heterocycles. The minimum Gasteiger partial charge on any atom is -0.363 e. The van der Waals surface area contributed by atoms with Gasteiger partial charge < -0.3 is 10.1 Å². The average molecular weight is 245 g/mol. The van der Waals surface area contributed by atoms with Crippen molar-refractivity contribution in [2.75, 3.05) is 19.7 Å². The molecule has 1 aliphatic rings. The molecule has 2 rings (SSSR count). The Morgan fingerprint density at radius 3 is 2.47 bits per heavy atom. The third kappa shape index (κ3) is 2.61. The summed E-state index contributed by atoms with van der Waals surface area (Å²) in [6.45, 7) is 0.365. The van der Waals surface area contributed by atoms with Gasteiger partial charge in [-0.25, -0.2) is 0 Å². The summed E-state index contributed by atoms with van der Waals surface area (Å²) in [5.41, 5.74) is -1.46. The lowest BCUT2D eigenvalue weighted by Crippen LogP contribution is -2.60. The highest BCUT2D eigenvalue weighted by Crippen LogP contribution is 2.37. The van der Waals surface area contributed by atoms with Gasteiger partial charge in [0.1, 0.15) is 0 Å². The van der Waals surface area contributed by atoms with Crippen LogP contribution in [0.3, 0.4) is 0 Å². The second-order valence-electron chi connectivity index (χ2n) is 4.18. The zero-order chi connectivity index (χ0) is 12.4. The van der Waals surface area contributed by atoms with Gasteiger partial charge in [0, 0.05) is 19.5 Å². The van der Waals surface area contributed by atoms with Crippen LogP contribution in [0.4, 0.5) is 13.2 Å². The summed E-state index contributed by atoms with van der Waals surface area (Å²) in [7, 11) is 0. The highest BCUT2D eigenvalue weighted by Gasteiger charge is 2.56. The molecule has 0 aromatic heterocycles. The highest BCUT2D eigenvalue weighted by molar-refractivity contribution is 5.18. The van der Waals surface area contributed by atoms with E-state index in [1.165, 1.54) is 0 Å². The first-order valence-corrected chi connectivity index (χ1v) is 5.49. The minimum absolute atomic E-state index is 0.0896. The highest BCUT2D eigenvalue weighted by atomic mass is 19.4. The van der Waals surface area contributed by atoms with Gasteiger partial charge in [-0.05, 0) is 5.56 Å². The fourth-order valence-electron chi connectivity index (χ4n) is 1.98. The molecule has 0 radical (unpaired) electrons. The summed E-state index contributed by atoms with van der Waals surface area (Å²) in [5.74, 6) is 0. The zero-order valence-corrected chi connectivity index (χ0v) is 9.26. The topological polar surface area (TPSA) is 21.3 Å². The molecule has 0 amide bonds. The molecule has 1 saturated heterocycles. The minimum atomic E-state index is -4.36. The molecule has 1 N–H and O–H groups in total. The van der Waals surface area contributed by atoms with E-state index >= 15 is 0 Å². The van der Waals surface area contributed by atoms with E-state index in [-0.39, 0.29) is 19.6 Å². The number of nitrogens with one attached hydrogen (secondary N) is 1. The number of hydrogen-bond acceptors (Lipinski definition) is 2. The number of morpholine rings is 1. The van der Waals surface area contributed by atoms with Crippen LogP contribution in [-0.2, 0) is 11.2 Å². The molecule has 1 atom stereocenters. The van der Waals surface area contributed by atoms with Gasteiger partial charge >= 0.3 is 6.18 Å². The van der Waals surface area contributed by atoms with Crippen LogP contribution in [0.25, 0.3) is 0 Å². The molecule has 1 aromatic carbocycles. The van der Waals surface area contributed by atoms with Gasteiger partial charge in [-0.2, -0.15) is 13.2 Å². The van der Waals surface area contributed by atoms with Gasteiger partial charge in [0.25, 0.3) is 0 Å². The molecule has 0 aliphatic carbocycles. The van der Waals surface area contributed by atoms with Crippen LogP contribution >= 0.6 is 0 Å². The molecule has 1 aromatic rings. The quantitative estimate of drug-likeness (QED) is 0.862. The lowest BCUT2D eigenvalue weighted by Gasteiger charge is -2.39. The van der Waals surface area contributed by atoms with Crippen LogP contribution in [0.15, 0.2) is 30.3 Å². The van der Waals surface area contributed by atoms with Crippen molar-refractivity contribution >= 4 is 0 Å². The van der Waals surface area contributed by atoms with Crippen molar-refractivity contribution in [2.24, 2.45) is 0 Å². The van der Waals surface area contributed by atoms with Crippen molar-refractivity contribution in [3.05, 3.63) is 35.9 Å². The standard InChI is InChI=1S/C12H14F3NO/c13-12(14,15)11(9-16-6-7-17-11)8-10-4-2-1-3-5-10/h1-5,16H,6-9H2. The molecule has 2 nitrogen and oxygen atoms in total. The summed E-state index contributed by atoms with van der Waals surface area (Å²) < 4.78 is 44.4. The van der Waals surface area contributed by atoms with E-state index in [0.717, 1.165) is 0 Å². The van der Waals surface area contributed by atoms with E-state index in [2.05, 4.69) is 5.32 Å². The summed E-state index contributed by atoms with van der Waals surface area (Å²) >= 11 is 0. The fourth-order valence-corrected chi connectivity index (χ4v) is 1.98. The number of benzene rings is 1. The Morgan fingerprint density at radius 1 is 1.24 bits per heavy atom. The zero-order valence-electron chi connectivity index (χ0n) is 9.26. The Kier molecular flexibility index (Phi) is 3.40. The van der Waals surface area contributed by atoms with Crippen LogP contribution in [0.5, 0.6) is 0 Å². The van der Waals surface area contributed by atoms with Gasteiger partial charge in [-0.1, -0.05) is 30.3 Å². The van der Waals surface area contributed by atoms with Gasteiger partial charge in [0.15, 0.2) is 5.60 Å². The van der Waals surface area contributed by atoms with E-state index in [0.29, 0.717) is 12.1 Å². The first-order chi connectivity index (χ1) is 8.04. The van der Waals surface area contributed by atoms with Crippen molar-refractivity contribution in [3.8, 4) is 0 Å². The van der Waals surface area contributed by atoms with Gasteiger partial charge in [0.2, 0.25) is 0 Å². The summed E-state index contributed by atoms with van der Waals surface area (Å²) in [6.07, 6.45) is -4.51. The molecule has 94 valence electrons. The molecule has 1 unspecified atom stereocenters. The van der Waals surface area contributed by atoms with Gasteiger partial charge in [0.05, 0.1) is 6.61 Å². The van der Waals surface area contributed by atoms with Crippen LogP contribution in [0.2, 0.25) is 0 Å². The van der Waals surface area contributed by atoms with E-state index in [9.17, 15) is 13.2 Å². The Hall–Kier alpha value is -1.07. The molecule has 0 saturated carbocycles. The van der Waals surface area contributed by atoms with E-state index in [1.54, 1.807) is 30.3 Å². The molecule has 0 spiro atoms. The largest absolute Gasteiger partial charge is 0.419 e. The Bertz CT molecular complexity index is 358. The maximum atomic E-state index is 13.1. The van der Waals surface area contributed by atoms with Crippen molar-refractivity contribution in [1.29, 1.82) is 0 Å². The third-order valence-corrected chi connectivity index (χ3v) is 2.92. The molecule has 17 heavy (non-hydrogen) atoms. The Labute approximate surface area is 97.8 Å². The van der Waals surface area contributed by atoms with Crippen LogP contribution < -0.4 is 5.32 Å². The lowest BCUT2D eigenvalue weighted by atomic mass is 9.92. The molecule has 1 fully saturated rings. The van der Waals surface area contributed by atoms with Crippen LogP contribution in [-0.4, -0.2) is 31.5 Å². The number of alkyl halides is 3. The van der Waals surface area contributed by atoms with Crippen molar-refractivity contribution < 1.29 is 17.9 Å². The van der Waals surface area contributed by atoms with Crippen molar-refractivity contribution in [2.45, 2.75) is 18.2 Å². The first kappa shape index (κ1) is 12.4. The van der Waals surface area contributed by atoms with Gasteiger partial charge in [-0.15, -0.1) is 0 Å². The molecule has 1 heterocycles.